The topological polar surface area (TPSA) is 82.8 Å². The van der Waals surface area contributed by atoms with Crippen LogP contribution in [-0.4, -0.2) is 20.3 Å². The molecule has 0 aromatic carbocycles. The van der Waals surface area contributed by atoms with Gasteiger partial charge in [0, 0.05) is 18.8 Å². The van der Waals surface area contributed by atoms with Crippen LogP contribution in [-0.2, 0) is 13.2 Å². The first-order valence-electron chi connectivity index (χ1n) is 6.70. The van der Waals surface area contributed by atoms with Gasteiger partial charge in [-0.2, -0.15) is 13.2 Å². The highest BCUT2D eigenvalue weighted by molar-refractivity contribution is 8.03. The summed E-state index contributed by atoms with van der Waals surface area (Å²) in [5, 5.41) is 0.489. The first kappa shape index (κ1) is 17.2. The van der Waals surface area contributed by atoms with E-state index in [9.17, 15) is 13.2 Å². The summed E-state index contributed by atoms with van der Waals surface area (Å²) in [4.78, 5) is 8.12. The van der Waals surface area contributed by atoms with E-state index in [1.54, 1.807) is 17.7 Å². The maximum atomic E-state index is 12.8. The quantitative estimate of drug-likeness (QED) is 0.834. The molecule has 2 aromatic rings. The number of nitrogens with zero attached hydrogens (tertiary/aromatic N) is 3. The van der Waals surface area contributed by atoms with E-state index in [1.165, 1.54) is 18.0 Å². The molecule has 0 bridgehead atoms. The lowest BCUT2D eigenvalue weighted by Crippen LogP contribution is -2.05. The lowest BCUT2D eigenvalue weighted by Gasteiger charge is -2.07. The van der Waals surface area contributed by atoms with Crippen molar-refractivity contribution >= 4 is 28.5 Å². The molecule has 0 unspecified atom stereocenters. The van der Waals surface area contributed by atoms with Crippen LogP contribution in [0.15, 0.2) is 29.6 Å². The molecule has 9 heteroatoms. The second kappa shape index (κ2) is 6.53. The van der Waals surface area contributed by atoms with Gasteiger partial charge in [-0.15, -0.1) is 11.8 Å². The molecule has 2 heterocycles. The summed E-state index contributed by atoms with van der Waals surface area (Å²) in [7, 11) is 1.67. The number of allylic oxidation sites excluding steroid dienone is 2. The van der Waals surface area contributed by atoms with Crippen molar-refractivity contribution in [1.29, 1.82) is 0 Å². The molecule has 5 nitrogen and oxygen atoms in total. The average Bonchev–Trinajstić information content (AvgIpc) is 2.80. The van der Waals surface area contributed by atoms with Crippen molar-refractivity contribution in [2.45, 2.75) is 13.1 Å². The van der Waals surface area contributed by atoms with Crippen LogP contribution >= 0.6 is 11.8 Å². The molecule has 0 saturated carbocycles. The Hall–Kier alpha value is -2.16. The van der Waals surface area contributed by atoms with Crippen LogP contribution < -0.4 is 11.5 Å². The summed E-state index contributed by atoms with van der Waals surface area (Å²) < 4.78 is 40.0. The Labute approximate surface area is 135 Å². The zero-order chi connectivity index (χ0) is 17.2. The van der Waals surface area contributed by atoms with E-state index >= 15 is 0 Å². The summed E-state index contributed by atoms with van der Waals surface area (Å²) >= 11 is 1.40. The van der Waals surface area contributed by atoms with Crippen molar-refractivity contribution in [2.75, 3.05) is 5.75 Å². The first-order valence-corrected chi connectivity index (χ1v) is 7.69. The molecule has 4 N–H and O–H groups in total. The minimum absolute atomic E-state index is 0.148. The smallest absolute Gasteiger partial charge is 0.405 e. The van der Waals surface area contributed by atoms with Gasteiger partial charge in [0.2, 0.25) is 0 Å². The molecule has 0 radical (unpaired) electrons. The summed E-state index contributed by atoms with van der Waals surface area (Å²) in [5.41, 5.74) is 11.7. The number of alkyl halides is 3. The maximum absolute atomic E-state index is 12.8. The molecule has 0 aliphatic carbocycles. The van der Waals surface area contributed by atoms with Gasteiger partial charge in [-0.3, -0.25) is 0 Å². The Morgan fingerprint density at radius 1 is 1.43 bits per heavy atom. The third-order valence-corrected chi connectivity index (χ3v) is 3.93. The normalized spacial score (nSPS) is 13.8. The fraction of sp³-hybridized carbons (Fsp3) is 0.286. The molecule has 0 amide bonds. The Bertz CT molecular complexity index is 777. The molecular formula is C14H16F3N5S. The van der Waals surface area contributed by atoms with Gasteiger partial charge in [0.15, 0.2) is 5.65 Å². The van der Waals surface area contributed by atoms with Gasteiger partial charge in [0.1, 0.15) is 11.3 Å². The van der Waals surface area contributed by atoms with Gasteiger partial charge in [-0.1, -0.05) is 6.92 Å². The SMILES string of the molecule is CCS/C(N)=C(/C=C\N)c1nc2cc(C(F)(F)F)cnc2n1C. The van der Waals surface area contributed by atoms with Crippen LogP contribution in [0.25, 0.3) is 16.7 Å². The van der Waals surface area contributed by atoms with Crippen LogP contribution in [0.4, 0.5) is 13.2 Å². The first-order chi connectivity index (χ1) is 10.8. The Balaban J connectivity index is 2.65. The van der Waals surface area contributed by atoms with E-state index in [-0.39, 0.29) is 5.52 Å². The molecule has 124 valence electrons. The maximum Gasteiger partial charge on any atom is 0.417 e. The van der Waals surface area contributed by atoms with Gasteiger partial charge in [-0.25, -0.2) is 9.97 Å². The molecule has 0 aliphatic rings. The zero-order valence-electron chi connectivity index (χ0n) is 12.6. The number of pyridine rings is 1. The van der Waals surface area contributed by atoms with Crippen LogP contribution in [0, 0.1) is 0 Å². The second-order valence-corrected chi connectivity index (χ2v) is 5.93. The van der Waals surface area contributed by atoms with E-state index in [2.05, 4.69) is 9.97 Å². The Morgan fingerprint density at radius 2 is 2.13 bits per heavy atom. The van der Waals surface area contributed by atoms with Gasteiger partial charge in [-0.05, 0) is 24.1 Å². The van der Waals surface area contributed by atoms with Crippen molar-refractivity contribution in [3.8, 4) is 0 Å². The number of imidazole rings is 1. The minimum Gasteiger partial charge on any atom is -0.405 e. The molecule has 0 spiro atoms. The van der Waals surface area contributed by atoms with Crippen molar-refractivity contribution < 1.29 is 13.2 Å². The molecule has 0 aliphatic heterocycles. The minimum atomic E-state index is -4.47. The molecule has 0 fully saturated rings. The Kier molecular flexibility index (Phi) is 4.88. The predicted molar refractivity (Wildman–Crippen MR) is 86.1 cm³/mol. The number of nitrogens with two attached hydrogens (primary N) is 2. The average molecular weight is 343 g/mol. The molecule has 2 rings (SSSR count). The monoisotopic (exact) mass is 343 g/mol. The highest BCUT2D eigenvalue weighted by atomic mass is 32.2. The van der Waals surface area contributed by atoms with Gasteiger partial charge in [0.25, 0.3) is 0 Å². The highest BCUT2D eigenvalue weighted by Gasteiger charge is 2.31. The fourth-order valence-electron chi connectivity index (χ4n) is 2.07. The van der Waals surface area contributed by atoms with Crippen LogP contribution in [0.5, 0.6) is 0 Å². The number of aromatic nitrogens is 3. The fourth-order valence-corrected chi connectivity index (χ4v) is 2.69. The van der Waals surface area contributed by atoms with Crippen LogP contribution in [0.3, 0.4) is 0 Å². The van der Waals surface area contributed by atoms with Gasteiger partial charge >= 0.3 is 6.18 Å². The predicted octanol–water partition coefficient (Wildman–Crippen LogP) is 2.84. The van der Waals surface area contributed by atoms with E-state index in [1.807, 2.05) is 6.92 Å². The lowest BCUT2D eigenvalue weighted by molar-refractivity contribution is -0.137. The van der Waals surface area contributed by atoms with Crippen molar-refractivity contribution in [1.82, 2.24) is 14.5 Å². The van der Waals surface area contributed by atoms with Crippen LogP contribution in [0.2, 0.25) is 0 Å². The lowest BCUT2D eigenvalue weighted by atomic mass is 10.2. The van der Waals surface area contributed by atoms with Crippen molar-refractivity contribution in [2.24, 2.45) is 18.5 Å². The van der Waals surface area contributed by atoms with E-state index in [4.69, 9.17) is 11.5 Å². The van der Waals surface area contributed by atoms with Crippen molar-refractivity contribution in [3.63, 3.8) is 0 Å². The number of fused-ring (bicyclic) bond motifs is 1. The molecule has 0 saturated heterocycles. The number of hydrogen-bond acceptors (Lipinski definition) is 5. The summed E-state index contributed by atoms with van der Waals surface area (Å²) in [6, 6.07) is 0.971. The van der Waals surface area contributed by atoms with E-state index in [0.29, 0.717) is 22.1 Å². The Morgan fingerprint density at radius 3 is 2.70 bits per heavy atom. The largest absolute Gasteiger partial charge is 0.417 e. The van der Waals surface area contributed by atoms with Crippen LogP contribution in [0.1, 0.15) is 18.3 Å². The molecule has 2 aromatic heterocycles. The number of hydrogen-bond donors (Lipinski definition) is 2. The second-order valence-electron chi connectivity index (χ2n) is 4.63. The zero-order valence-corrected chi connectivity index (χ0v) is 13.4. The van der Waals surface area contributed by atoms with Gasteiger partial charge in [0.05, 0.1) is 10.6 Å². The standard InChI is InChI=1S/C14H16F3N5S/c1-3-23-11(19)9(4-5-18)12-21-10-6-8(14(15,16)17)7-20-13(10)22(12)2/h4-7H,3,18-19H2,1-2H3/b5-4-,11-9-. The summed E-state index contributed by atoms with van der Waals surface area (Å²) in [5.74, 6) is 1.15. The van der Waals surface area contributed by atoms with Crippen molar-refractivity contribution in [3.05, 3.63) is 41.0 Å². The number of rotatable bonds is 4. The number of thioether (sulfide) groups is 1. The van der Waals surface area contributed by atoms with E-state index < -0.39 is 11.7 Å². The molecule has 23 heavy (non-hydrogen) atoms. The number of aryl methyl sites for hydroxylation is 1. The number of halogens is 3. The van der Waals surface area contributed by atoms with E-state index in [0.717, 1.165) is 18.0 Å². The summed E-state index contributed by atoms with van der Waals surface area (Å²) in [6.07, 6.45) is -0.790. The van der Waals surface area contributed by atoms with Gasteiger partial charge < -0.3 is 16.0 Å². The molecule has 0 atom stereocenters. The molecular weight excluding hydrogens is 327 g/mol. The third-order valence-electron chi connectivity index (χ3n) is 3.11. The highest BCUT2D eigenvalue weighted by Crippen LogP contribution is 2.31. The third kappa shape index (κ3) is 3.44. The summed E-state index contributed by atoms with van der Waals surface area (Å²) in [6.45, 7) is 1.94.